The number of rotatable bonds is 8. The lowest BCUT2D eigenvalue weighted by Crippen LogP contribution is -2.44. The molecule has 0 aliphatic heterocycles. The van der Waals surface area contributed by atoms with Crippen LogP contribution in [-0.2, 0) is 6.54 Å². The van der Waals surface area contributed by atoms with Gasteiger partial charge in [-0.25, -0.2) is 9.97 Å². The summed E-state index contributed by atoms with van der Waals surface area (Å²) < 4.78 is 5.94. The summed E-state index contributed by atoms with van der Waals surface area (Å²) in [6.45, 7) is 3.02. The molecule has 0 atom stereocenters. The van der Waals surface area contributed by atoms with Crippen LogP contribution in [0, 0.1) is 0 Å². The predicted molar refractivity (Wildman–Crippen MR) is 132 cm³/mol. The molecule has 0 bridgehead atoms. The molecular formula is C25H31N5O2S. The first-order valence-electron chi connectivity index (χ1n) is 11.4. The molecule has 1 saturated carbocycles. The molecule has 1 fully saturated rings. The topological polar surface area (TPSA) is 93.4 Å². The van der Waals surface area contributed by atoms with Crippen molar-refractivity contribution in [2.75, 3.05) is 19.4 Å². The Kier molecular flexibility index (Phi) is 7.57. The van der Waals surface area contributed by atoms with E-state index in [4.69, 9.17) is 10.5 Å². The van der Waals surface area contributed by atoms with Gasteiger partial charge in [0.15, 0.2) is 0 Å². The average molecular weight is 466 g/mol. The van der Waals surface area contributed by atoms with Gasteiger partial charge < -0.3 is 20.7 Å². The number of carbonyl (C=O) groups excluding carboxylic acids is 1. The van der Waals surface area contributed by atoms with Gasteiger partial charge >= 0.3 is 0 Å². The normalized spacial score (nSPS) is 18.1. The van der Waals surface area contributed by atoms with E-state index in [2.05, 4.69) is 21.4 Å². The molecule has 1 aromatic carbocycles. The van der Waals surface area contributed by atoms with Gasteiger partial charge in [-0.05, 0) is 68.8 Å². The molecule has 7 nitrogen and oxygen atoms in total. The van der Waals surface area contributed by atoms with Crippen molar-refractivity contribution in [1.29, 1.82) is 0 Å². The zero-order valence-corrected chi connectivity index (χ0v) is 20.0. The Morgan fingerprint density at radius 2 is 1.94 bits per heavy atom. The molecule has 0 unspecified atom stereocenters. The monoisotopic (exact) mass is 465 g/mol. The maximum absolute atomic E-state index is 13.6. The fourth-order valence-corrected chi connectivity index (χ4v) is 5.11. The van der Waals surface area contributed by atoms with Crippen molar-refractivity contribution >= 4 is 23.2 Å². The summed E-state index contributed by atoms with van der Waals surface area (Å²) in [7, 11) is 2.01. The Bertz CT molecular complexity index is 1050. The highest BCUT2D eigenvalue weighted by molar-refractivity contribution is 7.12. The predicted octanol–water partition coefficient (Wildman–Crippen LogP) is 4.36. The van der Waals surface area contributed by atoms with Crippen LogP contribution in [-0.4, -0.2) is 46.5 Å². The van der Waals surface area contributed by atoms with E-state index in [-0.39, 0.29) is 17.9 Å². The van der Waals surface area contributed by atoms with Crippen LogP contribution in [0.15, 0.2) is 48.1 Å². The van der Waals surface area contributed by atoms with E-state index in [1.54, 1.807) is 12.4 Å². The maximum Gasteiger partial charge on any atom is 0.264 e. The Labute approximate surface area is 199 Å². The third-order valence-electron chi connectivity index (χ3n) is 6.24. The van der Waals surface area contributed by atoms with Gasteiger partial charge in [-0.15, -0.1) is 11.3 Å². The molecule has 8 heteroatoms. The maximum atomic E-state index is 13.6. The summed E-state index contributed by atoms with van der Waals surface area (Å²) in [6.07, 6.45) is 7.54. The van der Waals surface area contributed by atoms with Gasteiger partial charge in [-0.3, -0.25) is 4.79 Å². The van der Waals surface area contributed by atoms with E-state index in [1.807, 2.05) is 48.5 Å². The molecule has 1 amide bonds. The molecule has 3 N–H and O–H groups in total. The fourth-order valence-electron chi connectivity index (χ4n) is 4.43. The van der Waals surface area contributed by atoms with Gasteiger partial charge in [-0.1, -0.05) is 12.1 Å². The largest absolute Gasteiger partial charge is 0.494 e. The van der Waals surface area contributed by atoms with Crippen LogP contribution in [0.25, 0.3) is 11.1 Å². The minimum atomic E-state index is 0.0848. The van der Waals surface area contributed by atoms with E-state index >= 15 is 0 Å². The van der Waals surface area contributed by atoms with Crippen molar-refractivity contribution < 1.29 is 9.53 Å². The lowest BCUT2D eigenvalue weighted by atomic mass is 9.89. The summed E-state index contributed by atoms with van der Waals surface area (Å²) in [4.78, 5) is 24.6. The Morgan fingerprint density at radius 3 is 2.58 bits per heavy atom. The lowest BCUT2D eigenvalue weighted by molar-refractivity contribution is 0.0604. The average Bonchev–Trinajstić information content (AvgIpc) is 3.39. The lowest BCUT2D eigenvalue weighted by Gasteiger charge is -2.37. The number of anilines is 1. The number of nitrogens with two attached hydrogens (primary N) is 1. The zero-order chi connectivity index (χ0) is 23.2. The minimum absolute atomic E-state index is 0.0848. The summed E-state index contributed by atoms with van der Waals surface area (Å²) in [5, 5.41) is 5.34. The first-order chi connectivity index (χ1) is 16.1. The molecule has 4 rings (SSSR count). The SMILES string of the molecule is CCOc1ccc(-c2cnc(N)nc2)cc1CN(C(=O)c1cccs1)C1CCC(NC)CC1. The molecule has 1 aliphatic rings. The molecular weight excluding hydrogens is 434 g/mol. The van der Waals surface area contributed by atoms with Crippen molar-refractivity contribution in [3.05, 3.63) is 58.5 Å². The van der Waals surface area contributed by atoms with Gasteiger partial charge in [-0.2, -0.15) is 0 Å². The zero-order valence-electron chi connectivity index (χ0n) is 19.2. The van der Waals surface area contributed by atoms with Crippen LogP contribution in [0.2, 0.25) is 0 Å². The quantitative estimate of drug-likeness (QED) is 0.513. The van der Waals surface area contributed by atoms with Crippen molar-refractivity contribution in [3.8, 4) is 16.9 Å². The second-order valence-electron chi connectivity index (χ2n) is 8.29. The number of ether oxygens (including phenoxy) is 1. The van der Waals surface area contributed by atoms with Crippen molar-refractivity contribution in [2.45, 2.75) is 51.2 Å². The number of nitrogens with zero attached hydrogens (tertiary/aromatic N) is 3. The number of hydrogen-bond donors (Lipinski definition) is 2. The van der Waals surface area contributed by atoms with Gasteiger partial charge in [0, 0.05) is 42.1 Å². The van der Waals surface area contributed by atoms with Crippen LogP contribution >= 0.6 is 11.3 Å². The molecule has 33 heavy (non-hydrogen) atoms. The molecule has 2 aromatic heterocycles. The summed E-state index contributed by atoms with van der Waals surface area (Å²) in [6, 6.07) is 10.6. The molecule has 1 aliphatic carbocycles. The van der Waals surface area contributed by atoms with E-state index in [1.165, 1.54) is 11.3 Å². The molecule has 0 radical (unpaired) electrons. The Hall–Kier alpha value is -2.97. The van der Waals surface area contributed by atoms with Crippen LogP contribution in [0.4, 0.5) is 5.95 Å². The smallest absolute Gasteiger partial charge is 0.264 e. The Morgan fingerprint density at radius 1 is 1.18 bits per heavy atom. The third-order valence-corrected chi connectivity index (χ3v) is 7.10. The van der Waals surface area contributed by atoms with E-state index < -0.39 is 0 Å². The van der Waals surface area contributed by atoms with Crippen molar-refractivity contribution in [3.63, 3.8) is 0 Å². The number of benzene rings is 1. The van der Waals surface area contributed by atoms with Crippen LogP contribution < -0.4 is 15.8 Å². The summed E-state index contributed by atoms with van der Waals surface area (Å²) >= 11 is 1.49. The number of amides is 1. The second kappa shape index (κ2) is 10.8. The molecule has 0 saturated heterocycles. The highest BCUT2D eigenvalue weighted by atomic mass is 32.1. The van der Waals surface area contributed by atoms with Crippen molar-refractivity contribution in [1.82, 2.24) is 20.2 Å². The number of hydrogen-bond acceptors (Lipinski definition) is 7. The minimum Gasteiger partial charge on any atom is -0.494 e. The second-order valence-corrected chi connectivity index (χ2v) is 9.24. The molecule has 0 spiro atoms. The van der Waals surface area contributed by atoms with Crippen LogP contribution in [0.5, 0.6) is 5.75 Å². The summed E-state index contributed by atoms with van der Waals surface area (Å²) in [5.74, 6) is 1.13. The number of carbonyl (C=O) groups is 1. The van der Waals surface area contributed by atoms with E-state index in [9.17, 15) is 4.79 Å². The van der Waals surface area contributed by atoms with E-state index in [0.717, 1.165) is 53.0 Å². The van der Waals surface area contributed by atoms with Crippen LogP contribution in [0.3, 0.4) is 0 Å². The Balaban J connectivity index is 1.66. The standard InChI is InChI=1S/C25H31N5O2S/c1-3-32-22-11-6-17(19-14-28-25(26)29-15-19)13-18(22)16-30(24(31)23-5-4-12-33-23)21-9-7-20(27-2)8-10-21/h4-6,11-15,20-21,27H,3,7-10,16H2,1-2H3,(H2,26,28,29). The van der Waals surface area contributed by atoms with Crippen molar-refractivity contribution in [2.24, 2.45) is 0 Å². The van der Waals surface area contributed by atoms with Gasteiger partial charge in [0.2, 0.25) is 5.95 Å². The molecule has 3 aromatic rings. The molecule has 2 heterocycles. The van der Waals surface area contributed by atoms with Gasteiger partial charge in [0.05, 0.1) is 11.5 Å². The third kappa shape index (κ3) is 5.51. The highest BCUT2D eigenvalue weighted by Gasteiger charge is 2.30. The highest BCUT2D eigenvalue weighted by Crippen LogP contribution is 2.32. The number of thiophene rings is 1. The number of aromatic nitrogens is 2. The van der Waals surface area contributed by atoms with Crippen LogP contribution in [0.1, 0.15) is 47.8 Å². The number of nitrogen functional groups attached to an aromatic ring is 1. The molecule has 174 valence electrons. The van der Waals surface area contributed by atoms with E-state index in [0.29, 0.717) is 19.2 Å². The van der Waals surface area contributed by atoms with Gasteiger partial charge in [0.1, 0.15) is 5.75 Å². The summed E-state index contributed by atoms with van der Waals surface area (Å²) in [5.41, 5.74) is 8.48. The van der Waals surface area contributed by atoms with Gasteiger partial charge in [0.25, 0.3) is 5.91 Å². The number of nitrogens with one attached hydrogen (secondary N) is 1. The first-order valence-corrected chi connectivity index (χ1v) is 12.3. The first kappa shape index (κ1) is 23.2. The fraction of sp³-hybridized carbons (Fsp3) is 0.400.